The van der Waals surface area contributed by atoms with Crippen LogP contribution in [0.1, 0.15) is 18.9 Å². The fourth-order valence-corrected chi connectivity index (χ4v) is 2.74. The van der Waals surface area contributed by atoms with Gasteiger partial charge < -0.3 is 5.11 Å². The largest absolute Gasteiger partial charge is 0.481 e. The van der Waals surface area contributed by atoms with Gasteiger partial charge in [-0.15, -0.1) is 10.2 Å². The number of nitrogens with zero attached hydrogens (tertiary/aromatic N) is 3. The number of aliphatic carboxylic acids is 1. The fraction of sp³-hybridized carbons (Fsp3) is 0.308. The van der Waals surface area contributed by atoms with E-state index in [1.165, 1.54) is 0 Å². The smallest absolute Gasteiger partial charge is 0.313 e. The van der Waals surface area contributed by atoms with Gasteiger partial charge in [-0.1, -0.05) is 11.8 Å². The Bertz CT molecular complexity index is 701. The van der Waals surface area contributed by atoms with Crippen molar-refractivity contribution in [3.8, 4) is 11.4 Å². The minimum Gasteiger partial charge on any atom is -0.481 e. The first-order valence-corrected chi connectivity index (χ1v) is 7.29. The van der Waals surface area contributed by atoms with Crippen LogP contribution in [0.3, 0.4) is 0 Å². The average molecular weight is 311 g/mol. The maximum Gasteiger partial charge on any atom is 0.313 e. The molecule has 0 aliphatic heterocycles. The summed E-state index contributed by atoms with van der Waals surface area (Å²) in [7, 11) is 0. The van der Waals surface area contributed by atoms with Crippen molar-refractivity contribution in [1.29, 1.82) is 0 Å². The fourth-order valence-electron chi connectivity index (χ4n) is 2.02. The average Bonchev–Trinajstić information content (AvgIpc) is 3.19. The highest BCUT2D eigenvalue weighted by Crippen LogP contribution is 2.41. The first-order valence-electron chi connectivity index (χ1n) is 6.31. The van der Waals surface area contributed by atoms with E-state index in [0.29, 0.717) is 5.16 Å². The predicted molar refractivity (Wildman–Crippen MR) is 72.0 cm³/mol. The number of carboxylic acid groups (broad SMARTS) is 1. The molecule has 1 saturated carbocycles. The monoisotopic (exact) mass is 311 g/mol. The molecule has 1 aromatic carbocycles. The van der Waals surface area contributed by atoms with Crippen LogP contribution in [0, 0.1) is 11.6 Å². The van der Waals surface area contributed by atoms with E-state index in [1.54, 1.807) is 4.57 Å². The van der Waals surface area contributed by atoms with Gasteiger partial charge in [-0.25, -0.2) is 8.78 Å². The quantitative estimate of drug-likeness (QED) is 0.860. The van der Waals surface area contributed by atoms with E-state index in [2.05, 4.69) is 10.2 Å². The summed E-state index contributed by atoms with van der Waals surface area (Å²) in [6.07, 6.45) is 1.78. The number of rotatable bonds is 5. The van der Waals surface area contributed by atoms with Gasteiger partial charge in [0.1, 0.15) is 11.6 Å². The maximum atomic E-state index is 13.9. The molecule has 0 radical (unpaired) electrons. The molecule has 0 amide bonds. The van der Waals surface area contributed by atoms with Crippen LogP contribution in [0.5, 0.6) is 0 Å². The Morgan fingerprint density at radius 3 is 2.81 bits per heavy atom. The highest BCUT2D eigenvalue weighted by Gasteiger charge is 2.31. The van der Waals surface area contributed by atoms with Crippen molar-refractivity contribution < 1.29 is 18.7 Å². The van der Waals surface area contributed by atoms with Crippen LogP contribution < -0.4 is 0 Å². The van der Waals surface area contributed by atoms with E-state index in [-0.39, 0.29) is 23.2 Å². The molecule has 1 aromatic heterocycles. The van der Waals surface area contributed by atoms with E-state index < -0.39 is 17.6 Å². The number of thioether (sulfide) groups is 1. The second-order valence-electron chi connectivity index (χ2n) is 4.71. The van der Waals surface area contributed by atoms with Gasteiger partial charge in [-0.05, 0) is 31.0 Å². The van der Waals surface area contributed by atoms with Gasteiger partial charge in [0.2, 0.25) is 0 Å². The molecule has 110 valence electrons. The Morgan fingerprint density at radius 2 is 2.14 bits per heavy atom. The molecule has 0 saturated heterocycles. The van der Waals surface area contributed by atoms with Crippen LogP contribution in [0.4, 0.5) is 8.78 Å². The zero-order chi connectivity index (χ0) is 15.0. The second kappa shape index (κ2) is 5.44. The van der Waals surface area contributed by atoms with E-state index in [0.717, 1.165) is 42.8 Å². The molecule has 1 fully saturated rings. The van der Waals surface area contributed by atoms with E-state index in [1.807, 2.05) is 0 Å². The Kier molecular flexibility index (Phi) is 3.62. The number of aromatic nitrogens is 3. The van der Waals surface area contributed by atoms with E-state index in [9.17, 15) is 13.6 Å². The Balaban J connectivity index is 2.02. The molecular formula is C13H11F2N3O2S. The molecule has 0 atom stereocenters. The number of carboxylic acids is 1. The third-order valence-corrected chi connectivity index (χ3v) is 4.00. The Hall–Kier alpha value is -1.96. The summed E-state index contributed by atoms with van der Waals surface area (Å²) in [6.45, 7) is 0. The molecule has 2 aromatic rings. The van der Waals surface area contributed by atoms with Crippen molar-refractivity contribution in [2.45, 2.75) is 24.0 Å². The van der Waals surface area contributed by atoms with Crippen molar-refractivity contribution >= 4 is 17.7 Å². The van der Waals surface area contributed by atoms with Gasteiger partial charge in [0, 0.05) is 6.04 Å². The SMILES string of the molecule is O=C(O)CSc1nnc(-c2cc(F)ccc2F)n1C1CC1. The van der Waals surface area contributed by atoms with Crippen LogP contribution in [-0.2, 0) is 4.79 Å². The van der Waals surface area contributed by atoms with Crippen LogP contribution in [0.2, 0.25) is 0 Å². The minimum atomic E-state index is -0.969. The number of carbonyl (C=O) groups is 1. The Morgan fingerprint density at radius 1 is 1.38 bits per heavy atom. The zero-order valence-electron chi connectivity index (χ0n) is 10.8. The standard InChI is InChI=1S/C13H11F2N3O2S/c14-7-1-4-10(15)9(5-7)12-16-17-13(21-6-11(19)20)18(12)8-2-3-8/h1,4-5,8H,2-3,6H2,(H,19,20). The van der Waals surface area contributed by atoms with Crippen molar-refractivity contribution in [1.82, 2.24) is 14.8 Å². The lowest BCUT2D eigenvalue weighted by atomic mass is 10.2. The van der Waals surface area contributed by atoms with Crippen LogP contribution >= 0.6 is 11.8 Å². The van der Waals surface area contributed by atoms with Crippen LogP contribution in [-0.4, -0.2) is 31.6 Å². The summed E-state index contributed by atoms with van der Waals surface area (Å²) >= 11 is 1.02. The third kappa shape index (κ3) is 2.90. The van der Waals surface area contributed by atoms with Crippen LogP contribution in [0.15, 0.2) is 23.4 Å². The lowest BCUT2D eigenvalue weighted by Gasteiger charge is -2.08. The van der Waals surface area contributed by atoms with E-state index >= 15 is 0 Å². The van der Waals surface area contributed by atoms with Crippen LogP contribution in [0.25, 0.3) is 11.4 Å². The molecular weight excluding hydrogens is 300 g/mol. The number of benzene rings is 1. The molecule has 5 nitrogen and oxygen atoms in total. The van der Waals surface area contributed by atoms with Gasteiger partial charge >= 0.3 is 5.97 Å². The highest BCUT2D eigenvalue weighted by molar-refractivity contribution is 7.99. The second-order valence-corrected chi connectivity index (χ2v) is 5.66. The summed E-state index contributed by atoms with van der Waals surface area (Å²) in [5.74, 6) is -2.03. The molecule has 0 unspecified atom stereocenters. The van der Waals surface area contributed by atoms with Gasteiger partial charge in [0.25, 0.3) is 0 Å². The third-order valence-electron chi connectivity index (χ3n) is 3.07. The molecule has 8 heteroatoms. The lowest BCUT2D eigenvalue weighted by molar-refractivity contribution is -0.133. The van der Waals surface area contributed by atoms with Crippen molar-refractivity contribution in [3.05, 3.63) is 29.8 Å². The normalized spacial score (nSPS) is 14.4. The summed E-state index contributed by atoms with van der Waals surface area (Å²) in [4.78, 5) is 10.7. The molecule has 0 spiro atoms. The summed E-state index contributed by atoms with van der Waals surface area (Å²) in [5.41, 5.74) is 0.0385. The van der Waals surface area contributed by atoms with Gasteiger partial charge in [-0.3, -0.25) is 9.36 Å². The molecule has 3 rings (SSSR count). The van der Waals surface area contributed by atoms with Gasteiger partial charge in [-0.2, -0.15) is 0 Å². The predicted octanol–water partition coefficient (Wildman–Crippen LogP) is 2.73. The summed E-state index contributed by atoms with van der Waals surface area (Å²) in [6, 6.07) is 3.27. The number of hydrogen-bond acceptors (Lipinski definition) is 4. The molecule has 1 N–H and O–H groups in total. The first-order chi connectivity index (χ1) is 10.1. The zero-order valence-corrected chi connectivity index (χ0v) is 11.6. The first kappa shape index (κ1) is 14.0. The van der Waals surface area contributed by atoms with Crippen molar-refractivity contribution in [2.24, 2.45) is 0 Å². The molecule has 21 heavy (non-hydrogen) atoms. The number of hydrogen-bond donors (Lipinski definition) is 1. The lowest BCUT2D eigenvalue weighted by Crippen LogP contribution is -2.04. The Labute approximate surface area is 123 Å². The molecule has 1 heterocycles. The molecule has 0 bridgehead atoms. The topological polar surface area (TPSA) is 68.0 Å². The van der Waals surface area contributed by atoms with Gasteiger partial charge in [0.05, 0.1) is 11.3 Å². The molecule has 1 aliphatic rings. The van der Waals surface area contributed by atoms with E-state index in [4.69, 9.17) is 5.11 Å². The summed E-state index contributed by atoms with van der Waals surface area (Å²) < 4.78 is 28.9. The summed E-state index contributed by atoms with van der Waals surface area (Å²) in [5, 5.41) is 17.0. The van der Waals surface area contributed by atoms with Crippen molar-refractivity contribution in [2.75, 3.05) is 5.75 Å². The minimum absolute atomic E-state index is 0.0385. The number of halogens is 2. The van der Waals surface area contributed by atoms with Crippen molar-refractivity contribution in [3.63, 3.8) is 0 Å². The molecule has 1 aliphatic carbocycles. The highest BCUT2D eigenvalue weighted by atomic mass is 32.2. The maximum absolute atomic E-state index is 13.9. The van der Waals surface area contributed by atoms with Gasteiger partial charge in [0.15, 0.2) is 11.0 Å².